The number of pyridine rings is 1. The Labute approximate surface area is 121 Å². The Morgan fingerprint density at radius 3 is 2.90 bits per heavy atom. The summed E-state index contributed by atoms with van der Waals surface area (Å²) in [5, 5.41) is 9.14. The molecule has 1 aromatic heterocycles. The van der Waals surface area contributed by atoms with Crippen molar-refractivity contribution in [2.45, 2.75) is 6.92 Å². The van der Waals surface area contributed by atoms with Crippen LogP contribution in [-0.2, 0) is 4.79 Å². The van der Waals surface area contributed by atoms with Gasteiger partial charge in [0.05, 0.1) is 5.02 Å². The Hall–Kier alpha value is -2.33. The molecule has 1 heterocycles. The van der Waals surface area contributed by atoms with Crippen LogP contribution in [0.5, 0.6) is 11.6 Å². The number of carbonyl (C=O) groups is 1. The number of nitrogens with zero attached hydrogens (tertiary/aromatic N) is 1. The molecule has 0 saturated heterocycles. The molecule has 0 bridgehead atoms. The van der Waals surface area contributed by atoms with Gasteiger partial charge in [0.15, 0.2) is 0 Å². The van der Waals surface area contributed by atoms with E-state index in [0.717, 1.165) is 11.6 Å². The molecule has 1 aromatic carbocycles. The van der Waals surface area contributed by atoms with Crippen LogP contribution in [0.1, 0.15) is 11.1 Å². The molecular weight excluding hydrogens is 278 g/mol. The first-order chi connectivity index (χ1) is 9.56. The molecule has 4 nitrogen and oxygen atoms in total. The van der Waals surface area contributed by atoms with E-state index in [2.05, 4.69) is 4.98 Å². The SMILES string of the molecule is Cc1ccc(Oc2ncccc2/C=C/C(=O)O)c(Cl)c1. The molecule has 0 aliphatic carbocycles. The van der Waals surface area contributed by atoms with Crippen LogP contribution in [-0.4, -0.2) is 16.1 Å². The van der Waals surface area contributed by atoms with E-state index in [1.165, 1.54) is 6.08 Å². The maximum Gasteiger partial charge on any atom is 0.328 e. The van der Waals surface area contributed by atoms with Crippen LogP contribution in [0, 0.1) is 6.92 Å². The van der Waals surface area contributed by atoms with Crippen molar-refractivity contribution in [1.29, 1.82) is 0 Å². The van der Waals surface area contributed by atoms with Gasteiger partial charge in [-0.05, 0) is 42.8 Å². The highest BCUT2D eigenvalue weighted by Crippen LogP contribution is 2.30. The lowest BCUT2D eigenvalue weighted by Gasteiger charge is -2.09. The van der Waals surface area contributed by atoms with Gasteiger partial charge in [0.1, 0.15) is 5.75 Å². The third kappa shape index (κ3) is 3.59. The minimum atomic E-state index is -1.03. The zero-order valence-electron chi connectivity index (χ0n) is 10.7. The van der Waals surface area contributed by atoms with E-state index >= 15 is 0 Å². The van der Waals surface area contributed by atoms with Crippen LogP contribution in [0.15, 0.2) is 42.6 Å². The van der Waals surface area contributed by atoms with Gasteiger partial charge < -0.3 is 9.84 Å². The number of carboxylic acids is 1. The summed E-state index contributed by atoms with van der Waals surface area (Å²) < 4.78 is 5.64. The second-order valence-electron chi connectivity index (χ2n) is 4.11. The molecule has 0 aliphatic heterocycles. The van der Waals surface area contributed by atoms with E-state index in [0.29, 0.717) is 22.2 Å². The highest BCUT2D eigenvalue weighted by atomic mass is 35.5. The summed E-state index contributed by atoms with van der Waals surface area (Å²) in [5.74, 6) is -0.259. The van der Waals surface area contributed by atoms with E-state index in [9.17, 15) is 4.79 Å². The fourth-order valence-electron chi connectivity index (χ4n) is 1.57. The highest BCUT2D eigenvalue weighted by Gasteiger charge is 2.07. The Bertz CT molecular complexity index is 668. The summed E-state index contributed by atoms with van der Waals surface area (Å²) in [5.41, 5.74) is 1.58. The van der Waals surface area contributed by atoms with Crippen molar-refractivity contribution in [3.8, 4) is 11.6 Å². The predicted octanol–water partition coefficient (Wildman–Crippen LogP) is 3.93. The average molecular weight is 290 g/mol. The highest BCUT2D eigenvalue weighted by molar-refractivity contribution is 6.32. The number of carboxylic acid groups (broad SMARTS) is 1. The van der Waals surface area contributed by atoms with Gasteiger partial charge in [-0.25, -0.2) is 9.78 Å². The van der Waals surface area contributed by atoms with Crippen molar-refractivity contribution in [1.82, 2.24) is 4.98 Å². The van der Waals surface area contributed by atoms with E-state index in [-0.39, 0.29) is 0 Å². The van der Waals surface area contributed by atoms with E-state index < -0.39 is 5.97 Å². The summed E-state index contributed by atoms with van der Waals surface area (Å²) in [6, 6.07) is 8.82. The molecule has 0 radical (unpaired) electrons. The first-order valence-electron chi connectivity index (χ1n) is 5.86. The number of aromatic nitrogens is 1. The summed E-state index contributed by atoms with van der Waals surface area (Å²) in [6.45, 7) is 1.93. The van der Waals surface area contributed by atoms with Gasteiger partial charge in [-0.2, -0.15) is 0 Å². The molecule has 0 atom stereocenters. The predicted molar refractivity (Wildman–Crippen MR) is 77.2 cm³/mol. The molecule has 0 saturated carbocycles. The molecule has 102 valence electrons. The number of hydrogen-bond donors (Lipinski definition) is 1. The molecule has 0 aliphatic rings. The third-order valence-corrected chi connectivity index (χ3v) is 2.80. The first kappa shape index (κ1) is 14.1. The fourth-order valence-corrected chi connectivity index (χ4v) is 1.84. The third-order valence-electron chi connectivity index (χ3n) is 2.50. The van der Waals surface area contributed by atoms with Crippen LogP contribution in [0.2, 0.25) is 5.02 Å². The van der Waals surface area contributed by atoms with Crippen molar-refractivity contribution in [3.05, 3.63) is 58.8 Å². The van der Waals surface area contributed by atoms with Crippen LogP contribution in [0.3, 0.4) is 0 Å². The van der Waals surface area contributed by atoms with Crippen LogP contribution >= 0.6 is 11.6 Å². The van der Waals surface area contributed by atoms with Crippen molar-refractivity contribution < 1.29 is 14.6 Å². The molecule has 0 unspecified atom stereocenters. The summed E-state index contributed by atoms with van der Waals surface area (Å²) in [7, 11) is 0. The number of rotatable bonds is 4. The zero-order chi connectivity index (χ0) is 14.5. The zero-order valence-corrected chi connectivity index (χ0v) is 11.5. The number of halogens is 1. The van der Waals surface area contributed by atoms with Crippen LogP contribution in [0.25, 0.3) is 6.08 Å². The van der Waals surface area contributed by atoms with Crippen LogP contribution < -0.4 is 4.74 Å². The lowest BCUT2D eigenvalue weighted by molar-refractivity contribution is -0.131. The summed E-state index contributed by atoms with van der Waals surface area (Å²) in [6.07, 6.45) is 4.02. The summed E-state index contributed by atoms with van der Waals surface area (Å²) in [4.78, 5) is 14.7. The Balaban J connectivity index is 2.31. The number of hydrogen-bond acceptors (Lipinski definition) is 3. The standard InChI is InChI=1S/C15H12ClNO3/c1-10-4-6-13(12(16)9-10)20-15-11(3-2-8-17-15)5-7-14(18)19/h2-9H,1H3,(H,18,19)/b7-5+. The quantitative estimate of drug-likeness (QED) is 0.866. The molecule has 1 N–H and O–H groups in total. The molecule has 0 fully saturated rings. The molecule has 0 spiro atoms. The Morgan fingerprint density at radius 2 is 2.20 bits per heavy atom. The second-order valence-corrected chi connectivity index (χ2v) is 4.51. The molecule has 0 amide bonds. The second kappa shape index (κ2) is 6.21. The Kier molecular flexibility index (Phi) is 4.38. The summed E-state index contributed by atoms with van der Waals surface area (Å²) >= 11 is 6.09. The minimum absolute atomic E-state index is 0.302. The topological polar surface area (TPSA) is 59.4 Å². The maximum absolute atomic E-state index is 10.6. The van der Waals surface area contributed by atoms with E-state index in [1.54, 1.807) is 30.5 Å². The lowest BCUT2D eigenvalue weighted by Crippen LogP contribution is -1.93. The number of aryl methyl sites for hydroxylation is 1. The lowest BCUT2D eigenvalue weighted by atomic mass is 10.2. The van der Waals surface area contributed by atoms with Gasteiger partial charge in [-0.3, -0.25) is 0 Å². The molecule has 2 rings (SSSR count). The average Bonchev–Trinajstić information content (AvgIpc) is 2.41. The molecule has 5 heteroatoms. The van der Waals surface area contributed by atoms with Crippen molar-refractivity contribution in [2.24, 2.45) is 0 Å². The number of benzene rings is 1. The van der Waals surface area contributed by atoms with Crippen molar-refractivity contribution >= 4 is 23.6 Å². The van der Waals surface area contributed by atoms with Gasteiger partial charge in [0, 0.05) is 17.8 Å². The van der Waals surface area contributed by atoms with Gasteiger partial charge in [-0.15, -0.1) is 0 Å². The maximum atomic E-state index is 10.6. The first-order valence-corrected chi connectivity index (χ1v) is 6.24. The van der Waals surface area contributed by atoms with E-state index in [4.69, 9.17) is 21.4 Å². The van der Waals surface area contributed by atoms with Gasteiger partial charge >= 0.3 is 5.97 Å². The normalized spacial score (nSPS) is 10.7. The number of ether oxygens (including phenoxy) is 1. The smallest absolute Gasteiger partial charge is 0.328 e. The van der Waals surface area contributed by atoms with Gasteiger partial charge in [0.2, 0.25) is 5.88 Å². The number of aliphatic carboxylic acids is 1. The van der Waals surface area contributed by atoms with Crippen molar-refractivity contribution in [2.75, 3.05) is 0 Å². The molecular formula is C15H12ClNO3. The largest absolute Gasteiger partial charge is 0.478 e. The van der Waals surface area contributed by atoms with Gasteiger partial charge in [-0.1, -0.05) is 17.7 Å². The van der Waals surface area contributed by atoms with Crippen LogP contribution in [0.4, 0.5) is 0 Å². The monoisotopic (exact) mass is 289 g/mol. The molecule has 2 aromatic rings. The molecule has 20 heavy (non-hydrogen) atoms. The Morgan fingerprint density at radius 1 is 1.40 bits per heavy atom. The van der Waals surface area contributed by atoms with Crippen molar-refractivity contribution in [3.63, 3.8) is 0 Å². The minimum Gasteiger partial charge on any atom is -0.478 e. The van der Waals surface area contributed by atoms with Gasteiger partial charge in [0.25, 0.3) is 0 Å². The fraction of sp³-hybridized carbons (Fsp3) is 0.0667. The van der Waals surface area contributed by atoms with E-state index in [1.807, 2.05) is 13.0 Å².